The molecule has 0 atom stereocenters. The number of anilines is 2. The number of hydrogen-bond donors (Lipinski definition) is 1. The molecule has 0 amide bonds. The highest BCUT2D eigenvalue weighted by Gasteiger charge is 2.29. The summed E-state index contributed by atoms with van der Waals surface area (Å²) in [6, 6.07) is 6.23. The van der Waals surface area contributed by atoms with Crippen LogP contribution < -0.4 is 10.6 Å². The number of benzene rings is 1. The largest absolute Gasteiger partial charge is 0.399 e. The van der Waals surface area contributed by atoms with Gasteiger partial charge in [0.2, 0.25) is 0 Å². The Balaban J connectivity index is 2.58. The molecule has 0 saturated carbocycles. The van der Waals surface area contributed by atoms with E-state index in [4.69, 9.17) is 5.73 Å². The number of hydrogen-bond acceptors (Lipinski definition) is 2. The van der Waals surface area contributed by atoms with Crippen LogP contribution in [0.25, 0.3) is 0 Å². The minimum absolute atomic E-state index is 0.261. The van der Waals surface area contributed by atoms with Gasteiger partial charge in [-0.05, 0) is 35.6 Å². The Morgan fingerprint density at radius 1 is 1.36 bits per heavy atom. The quantitative estimate of drug-likeness (QED) is 0.636. The molecule has 76 valence electrons. The molecule has 0 spiro atoms. The van der Waals surface area contributed by atoms with E-state index in [1.807, 2.05) is 6.07 Å². The molecule has 0 aromatic heterocycles. The van der Waals surface area contributed by atoms with Gasteiger partial charge in [0, 0.05) is 25.0 Å². The van der Waals surface area contributed by atoms with Gasteiger partial charge in [-0.2, -0.15) is 0 Å². The highest BCUT2D eigenvalue weighted by atomic mass is 15.1. The Morgan fingerprint density at radius 2 is 2.07 bits per heavy atom. The lowest BCUT2D eigenvalue weighted by atomic mass is 9.77. The number of nitrogens with zero attached hydrogens (tertiary/aromatic N) is 1. The van der Waals surface area contributed by atoms with Crippen molar-refractivity contribution in [1.29, 1.82) is 0 Å². The number of nitrogens with two attached hydrogens (primary N) is 1. The normalized spacial score (nSPS) is 19.2. The lowest BCUT2D eigenvalue weighted by Gasteiger charge is -2.38. The third-order valence-corrected chi connectivity index (χ3v) is 3.23. The van der Waals surface area contributed by atoms with Gasteiger partial charge < -0.3 is 10.6 Å². The Morgan fingerprint density at radius 3 is 2.79 bits per heavy atom. The summed E-state index contributed by atoms with van der Waals surface area (Å²) >= 11 is 0. The van der Waals surface area contributed by atoms with Crippen molar-refractivity contribution in [3.05, 3.63) is 23.8 Å². The minimum Gasteiger partial charge on any atom is -0.399 e. The van der Waals surface area contributed by atoms with E-state index in [0.717, 1.165) is 12.2 Å². The van der Waals surface area contributed by atoms with Gasteiger partial charge in [-0.25, -0.2) is 0 Å². The summed E-state index contributed by atoms with van der Waals surface area (Å²) in [4.78, 5) is 2.31. The van der Waals surface area contributed by atoms with Crippen molar-refractivity contribution in [3.8, 4) is 0 Å². The molecule has 0 aliphatic carbocycles. The average molecular weight is 190 g/mol. The first-order valence-electron chi connectivity index (χ1n) is 5.12. The first kappa shape index (κ1) is 9.38. The van der Waals surface area contributed by atoms with Gasteiger partial charge in [0.25, 0.3) is 0 Å². The molecule has 1 aromatic rings. The topological polar surface area (TPSA) is 29.3 Å². The fraction of sp³-hybridized carbons (Fsp3) is 0.500. The molecular formula is C12H18N2. The second kappa shape index (κ2) is 2.91. The predicted molar refractivity (Wildman–Crippen MR) is 61.8 cm³/mol. The van der Waals surface area contributed by atoms with Crippen LogP contribution in [0, 0.1) is 0 Å². The maximum atomic E-state index is 5.83. The monoisotopic (exact) mass is 190 g/mol. The van der Waals surface area contributed by atoms with E-state index in [2.05, 4.69) is 37.9 Å². The van der Waals surface area contributed by atoms with Crippen LogP contribution in [0.3, 0.4) is 0 Å². The first-order chi connectivity index (χ1) is 6.50. The molecule has 1 heterocycles. The molecule has 2 heteroatoms. The zero-order valence-electron chi connectivity index (χ0n) is 9.17. The molecule has 1 aliphatic rings. The van der Waals surface area contributed by atoms with Crippen LogP contribution in [-0.2, 0) is 5.41 Å². The molecule has 0 fully saturated rings. The molecule has 1 aliphatic heterocycles. The Bertz CT molecular complexity index is 355. The molecule has 0 unspecified atom stereocenters. The highest BCUT2D eigenvalue weighted by Crippen LogP contribution is 2.39. The third kappa shape index (κ3) is 1.35. The van der Waals surface area contributed by atoms with Gasteiger partial charge >= 0.3 is 0 Å². The van der Waals surface area contributed by atoms with Crippen molar-refractivity contribution in [1.82, 2.24) is 0 Å². The van der Waals surface area contributed by atoms with Crippen LogP contribution in [0.1, 0.15) is 25.8 Å². The van der Waals surface area contributed by atoms with Crippen molar-refractivity contribution in [2.75, 3.05) is 24.2 Å². The van der Waals surface area contributed by atoms with E-state index in [1.165, 1.54) is 17.7 Å². The molecule has 2 N–H and O–H groups in total. The van der Waals surface area contributed by atoms with E-state index < -0.39 is 0 Å². The van der Waals surface area contributed by atoms with Crippen LogP contribution in [-0.4, -0.2) is 13.6 Å². The fourth-order valence-corrected chi connectivity index (χ4v) is 2.13. The van der Waals surface area contributed by atoms with Crippen molar-refractivity contribution in [2.45, 2.75) is 25.7 Å². The van der Waals surface area contributed by atoms with E-state index in [1.54, 1.807) is 0 Å². The standard InChI is InChI=1S/C12H18N2/c1-12(2)6-7-14(3)11-5-4-9(13)8-10(11)12/h4-5,8H,6-7,13H2,1-3H3. The van der Waals surface area contributed by atoms with E-state index in [9.17, 15) is 0 Å². The molecule has 2 rings (SSSR count). The fourth-order valence-electron chi connectivity index (χ4n) is 2.13. The minimum atomic E-state index is 0.261. The van der Waals surface area contributed by atoms with Gasteiger partial charge in [-0.3, -0.25) is 0 Å². The second-order valence-corrected chi connectivity index (χ2v) is 4.83. The highest BCUT2D eigenvalue weighted by molar-refractivity contribution is 5.63. The lowest BCUT2D eigenvalue weighted by molar-refractivity contribution is 0.462. The van der Waals surface area contributed by atoms with Crippen molar-refractivity contribution < 1.29 is 0 Å². The van der Waals surface area contributed by atoms with Crippen molar-refractivity contribution >= 4 is 11.4 Å². The Hall–Kier alpha value is -1.18. The smallest absolute Gasteiger partial charge is 0.0403 e. The van der Waals surface area contributed by atoms with Gasteiger partial charge in [-0.15, -0.1) is 0 Å². The Kier molecular flexibility index (Phi) is 1.95. The summed E-state index contributed by atoms with van der Waals surface area (Å²) in [7, 11) is 2.14. The van der Waals surface area contributed by atoms with Crippen LogP contribution >= 0.6 is 0 Å². The summed E-state index contributed by atoms with van der Waals surface area (Å²) in [5, 5.41) is 0. The maximum absolute atomic E-state index is 5.83. The van der Waals surface area contributed by atoms with Crippen LogP contribution in [0.2, 0.25) is 0 Å². The Labute approximate surface area is 85.7 Å². The zero-order valence-corrected chi connectivity index (χ0v) is 9.17. The number of rotatable bonds is 0. The molecule has 0 radical (unpaired) electrons. The second-order valence-electron chi connectivity index (χ2n) is 4.83. The third-order valence-electron chi connectivity index (χ3n) is 3.23. The van der Waals surface area contributed by atoms with E-state index in [0.29, 0.717) is 0 Å². The SMILES string of the molecule is CN1CCC(C)(C)c2cc(N)ccc21. The molecule has 0 bridgehead atoms. The average Bonchev–Trinajstić information content (AvgIpc) is 2.12. The predicted octanol–water partition coefficient (Wildman–Crippen LogP) is 2.39. The summed E-state index contributed by atoms with van der Waals surface area (Å²) in [6.45, 7) is 5.71. The number of fused-ring (bicyclic) bond motifs is 1. The molecule has 14 heavy (non-hydrogen) atoms. The van der Waals surface area contributed by atoms with E-state index >= 15 is 0 Å². The van der Waals surface area contributed by atoms with E-state index in [-0.39, 0.29) is 5.41 Å². The van der Waals surface area contributed by atoms with Crippen molar-refractivity contribution in [3.63, 3.8) is 0 Å². The van der Waals surface area contributed by atoms with Gasteiger partial charge in [0.05, 0.1) is 0 Å². The zero-order chi connectivity index (χ0) is 10.3. The van der Waals surface area contributed by atoms with Gasteiger partial charge in [-0.1, -0.05) is 13.8 Å². The molecule has 2 nitrogen and oxygen atoms in total. The van der Waals surface area contributed by atoms with Crippen LogP contribution in [0.4, 0.5) is 11.4 Å². The summed E-state index contributed by atoms with van der Waals surface area (Å²) in [5.41, 5.74) is 9.67. The molecular weight excluding hydrogens is 172 g/mol. The van der Waals surface area contributed by atoms with Gasteiger partial charge in [0.15, 0.2) is 0 Å². The van der Waals surface area contributed by atoms with Gasteiger partial charge in [0.1, 0.15) is 0 Å². The maximum Gasteiger partial charge on any atom is 0.0403 e. The molecule has 0 saturated heterocycles. The summed E-state index contributed by atoms with van der Waals surface area (Å²) < 4.78 is 0. The van der Waals surface area contributed by atoms with Crippen LogP contribution in [0.15, 0.2) is 18.2 Å². The van der Waals surface area contributed by atoms with Crippen molar-refractivity contribution in [2.24, 2.45) is 0 Å². The number of nitrogen functional groups attached to an aromatic ring is 1. The lowest BCUT2D eigenvalue weighted by Crippen LogP contribution is -2.34. The summed E-state index contributed by atoms with van der Waals surface area (Å²) in [6.07, 6.45) is 1.19. The molecule has 1 aromatic carbocycles. The van der Waals surface area contributed by atoms with Crippen LogP contribution in [0.5, 0.6) is 0 Å². The first-order valence-corrected chi connectivity index (χ1v) is 5.12. The summed E-state index contributed by atoms with van der Waals surface area (Å²) in [5.74, 6) is 0.